The zero-order chi connectivity index (χ0) is 14.4. The third-order valence-corrected chi connectivity index (χ3v) is 2.90. The van der Waals surface area contributed by atoms with Crippen molar-refractivity contribution in [2.45, 2.75) is 13.0 Å². The van der Waals surface area contributed by atoms with E-state index in [0.29, 0.717) is 18.7 Å². The van der Waals surface area contributed by atoms with Gasteiger partial charge in [-0.25, -0.2) is 8.78 Å². The monoisotopic (exact) mass is 277 g/mol. The third-order valence-electron chi connectivity index (χ3n) is 2.90. The van der Waals surface area contributed by atoms with Crippen LogP contribution in [-0.2, 0) is 0 Å². The van der Waals surface area contributed by atoms with E-state index in [1.165, 1.54) is 12.1 Å². The van der Waals surface area contributed by atoms with Gasteiger partial charge in [-0.15, -0.1) is 0 Å². The van der Waals surface area contributed by atoms with Gasteiger partial charge in [0.15, 0.2) is 0 Å². The van der Waals surface area contributed by atoms with Crippen molar-refractivity contribution in [2.24, 2.45) is 0 Å². The van der Waals surface area contributed by atoms with Crippen LogP contribution in [0.15, 0.2) is 48.5 Å². The highest BCUT2D eigenvalue weighted by molar-refractivity contribution is 5.24. The molecule has 0 saturated heterocycles. The molecule has 0 aliphatic rings. The van der Waals surface area contributed by atoms with Crippen LogP contribution in [0, 0.1) is 11.6 Å². The lowest BCUT2D eigenvalue weighted by atomic mass is 10.1. The van der Waals surface area contributed by atoms with Gasteiger partial charge in [-0.05, 0) is 36.4 Å². The second kappa shape index (κ2) is 7.01. The SMILES string of the molecule is CCNC(COc1ccccc1)c1cc(F)cc(F)c1. The molecule has 0 spiro atoms. The summed E-state index contributed by atoms with van der Waals surface area (Å²) in [6.07, 6.45) is 0. The number of hydrogen-bond acceptors (Lipinski definition) is 2. The summed E-state index contributed by atoms with van der Waals surface area (Å²) in [5.74, 6) is -0.433. The molecule has 1 atom stereocenters. The lowest BCUT2D eigenvalue weighted by Gasteiger charge is -2.19. The molecule has 0 bridgehead atoms. The quantitative estimate of drug-likeness (QED) is 0.869. The lowest BCUT2D eigenvalue weighted by Crippen LogP contribution is -2.26. The summed E-state index contributed by atoms with van der Waals surface area (Å²) in [5, 5.41) is 3.17. The van der Waals surface area contributed by atoms with Gasteiger partial charge < -0.3 is 10.1 Å². The van der Waals surface area contributed by atoms with Crippen LogP contribution in [-0.4, -0.2) is 13.2 Å². The Morgan fingerprint density at radius 3 is 2.30 bits per heavy atom. The fourth-order valence-electron chi connectivity index (χ4n) is 1.99. The van der Waals surface area contributed by atoms with Gasteiger partial charge in [0.2, 0.25) is 0 Å². The fourth-order valence-corrected chi connectivity index (χ4v) is 1.99. The Balaban J connectivity index is 2.10. The van der Waals surface area contributed by atoms with Crippen molar-refractivity contribution >= 4 is 0 Å². The van der Waals surface area contributed by atoms with Gasteiger partial charge in [0.1, 0.15) is 24.0 Å². The summed E-state index contributed by atoms with van der Waals surface area (Å²) in [5.41, 5.74) is 0.542. The number of nitrogens with one attached hydrogen (secondary N) is 1. The van der Waals surface area contributed by atoms with Crippen molar-refractivity contribution in [1.82, 2.24) is 5.32 Å². The molecule has 1 unspecified atom stereocenters. The molecule has 0 heterocycles. The first-order valence-corrected chi connectivity index (χ1v) is 6.56. The minimum absolute atomic E-state index is 0.259. The van der Waals surface area contributed by atoms with Crippen molar-refractivity contribution in [2.75, 3.05) is 13.2 Å². The normalized spacial score (nSPS) is 12.2. The number of para-hydroxylation sites is 1. The predicted molar refractivity (Wildman–Crippen MR) is 74.7 cm³/mol. The number of ether oxygens (including phenoxy) is 1. The molecule has 0 fully saturated rings. The number of benzene rings is 2. The average Bonchev–Trinajstić information content (AvgIpc) is 2.43. The Morgan fingerprint density at radius 2 is 1.70 bits per heavy atom. The van der Waals surface area contributed by atoms with Crippen molar-refractivity contribution in [3.63, 3.8) is 0 Å². The first kappa shape index (κ1) is 14.5. The van der Waals surface area contributed by atoms with E-state index in [1.54, 1.807) is 0 Å². The second-order valence-corrected chi connectivity index (χ2v) is 4.44. The number of halogens is 2. The second-order valence-electron chi connectivity index (χ2n) is 4.44. The number of hydrogen-bond donors (Lipinski definition) is 1. The molecule has 0 saturated carbocycles. The van der Waals surface area contributed by atoms with Crippen LogP contribution >= 0.6 is 0 Å². The maximum atomic E-state index is 13.3. The van der Waals surface area contributed by atoms with E-state index in [0.717, 1.165) is 11.8 Å². The highest BCUT2D eigenvalue weighted by Gasteiger charge is 2.13. The Labute approximate surface area is 117 Å². The van der Waals surface area contributed by atoms with E-state index < -0.39 is 11.6 Å². The Morgan fingerprint density at radius 1 is 1.05 bits per heavy atom. The van der Waals surface area contributed by atoms with Gasteiger partial charge in [-0.2, -0.15) is 0 Å². The van der Waals surface area contributed by atoms with Crippen LogP contribution in [0.25, 0.3) is 0 Å². The first-order valence-electron chi connectivity index (χ1n) is 6.56. The average molecular weight is 277 g/mol. The van der Waals surface area contributed by atoms with E-state index in [2.05, 4.69) is 5.32 Å². The zero-order valence-electron chi connectivity index (χ0n) is 11.3. The van der Waals surface area contributed by atoms with Crippen LogP contribution in [0.3, 0.4) is 0 Å². The summed E-state index contributed by atoms with van der Waals surface area (Å²) in [4.78, 5) is 0. The van der Waals surface area contributed by atoms with Crippen molar-refractivity contribution in [3.05, 3.63) is 65.7 Å². The molecular formula is C16H17F2NO. The standard InChI is InChI=1S/C16H17F2NO/c1-2-19-16(11-20-15-6-4-3-5-7-15)12-8-13(17)10-14(18)9-12/h3-10,16,19H,2,11H2,1H3. The minimum Gasteiger partial charge on any atom is -0.492 e. The number of likely N-dealkylation sites (N-methyl/N-ethyl adjacent to an activating group) is 1. The molecule has 2 rings (SSSR count). The summed E-state index contributed by atoms with van der Waals surface area (Å²) < 4.78 is 32.2. The fraction of sp³-hybridized carbons (Fsp3) is 0.250. The van der Waals surface area contributed by atoms with Crippen LogP contribution in [0.1, 0.15) is 18.5 Å². The van der Waals surface area contributed by atoms with Crippen molar-refractivity contribution in [3.8, 4) is 5.75 Å². The van der Waals surface area contributed by atoms with Crippen LogP contribution in [0.4, 0.5) is 8.78 Å². The maximum Gasteiger partial charge on any atom is 0.126 e. The summed E-state index contributed by atoms with van der Waals surface area (Å²) in [6, 6.07) is 12.6. The summed E-state index contributed by atoms with van der Waals surface area (Å²) in [7, 11) is 0. The molecule has 0 aromatic heterocycles. The molecule has 2 aromatic rings. The van der Waals surface area contributed by atoms with Gasteiger partial charge in [0.25, 0.3) is 0 Å². The molecule has 4 heteroatoms. The van der Waals surface area contributed by atoms with E-state index in [-0.39, 0.29) is 6.04 Å². The molecular weight excluding hydrogens is 260 g/mol. The smallest absolute Gasteiger partial charge is 0.126 e. The zero-order valence-corrected chi connectivity index (χ0v) is 11.3. The molecule has 0 amide bonds. The molecule has 0 radical (unpaired) electrons. The highest BCUT2D eigenvalue weighted by Crippen LogP contribution is 2.18. The van der Waals surface area contributed by atoms with Gasteiger partial charge in [-0.3, -0.25) is 0 Å². The van der Waals surface area contributed by atoms with E-state index in [9.17, 15) is 8.78 Å². The van der Waals surface area contributed by atoms with Gasteiger partial charge in [-0.1, -0.05) is 25.1 Å². The lowest BCUT2D eigenvalue weighted by molar-refractivity contribution is 0.267. The van der Waals surface area contributed by atoms with Gasteiger partial charge in [0, 0.05) is 6.07 Å². The van der Waals surface area contributed by atoms with E-state index in [1.807, 2.05) is 37.3 Å². The van der Waals surface area contributed by atoms with Crippen LogP contribution in [0.2, 0.25) is 0 Å². The molecule has 106 valence electrons. The minimum atomic E-state index is -0.581. The van der Waals surface area contributed by atoms with Crippen molar-refractivity contribution < 1.29 is 13.5 Å². The molecule has 20 heavy (non-hydrogen) atoms. The number of rotatable bonds is 6. The Bertz CT molecular complexity index is 525. The van der Waals surface area contributed by atoms with Crippen molar-refractivity contribution in [1.29, 1.82) is 0 Å². The van der Waals surface area contributed by atoms with E-state index in [4.69, 9.17) is 4.74 Å². The highest BCUT2D eigenvalue weighted by atomic mass is 19.1. The summed E-state index contributed by atoms with van der Waals surface area (Å²) >= 11 is 0. The Hall–Kier alpha value is -1.94. The maximum absolute atomic E-state index is 13.3. The van der Waals surface area contributed by atoms with Gasteiger partial charge in [0.05, 0.1) is 6.04 Å². The third kappa shape index (κ3) is 4.03. The van der Waals surface area contributed by atoms with E-state index >= 15 is 0 Å². The van der Waals surface area contributed by atoms with Crippen LogP contribution in [0.5, 0.6) is 5.75 Å². The largest absolute Gasteiger partial charge is 0.492 e. The van der Waals surface area contributed by atoms with Crippen LogP contribution < -0.4 is 10.1 Å². The molecule has 2 nitrogen and oxygen atoms in total. The Kier molecular flexibility index (Phi) is 5.07. The van der Waals surface area contributed by atoms with Gasteiger partial charge >= 0.3 is 0 Å². The topological polar surface area (TPSA) is 21.3 Å². The molecule has 0 aliphatic heterocycles. The predicted octanol–water partition coefficient (Wildman–Crippen LogP) is 3.69. The summed E-state index contributed by atoms with van der Waals surface area (Å²) in [6.45, 7) is 2.92. The molecule has 1 N–H and O–H groups in total. The first-order chi connectivity index (χ1) is 9.69. The molecule has 2 aromatic carbocycles. The molecule has 0 aliphatic carbocycles.